The summed E-state index contributed by atoms with van der Waals surface area (Å²) >= 11 is 0. The van der Waals surface area contributed by atoms with E-state index >= 15 is 0 Å². The van der Waals surface area contributed by atoms with E-state index in [9.17, 15) is 9.59 Å². The lowest BCUT2D eigenvalue weighted by Gasteiger charge is -2.11. The molecular formula is C19H34O4. The first kappa shape index (κ1) is 21.7. The number of hydrogen-bond donors (Lipinski definition) is 0. The summed E-state index contributed by atoms with van der Waals surface area (Å²) in [6.07, 6.45) is 12.8. The highest BCUT2D eigenvalue weighted by atomic mass is 16.5. The predicted octanol–water partition coefficient (Wildman–Crippen LogP) is 4.82. The average Bonchev–Trinajstić information content (AvgIpc) is 2.55. The van der Waals surface area contributed by atoms with Crippen molar-refractivity contribution in [2.45, 2.75) is 78.1 Å². The Kier molecular flexibility index (Phi) is 13.5. The Morgan fingerprint density at radius 2 is 1.39 bits per heavy atom. The summed E-state index contributed by atoms with van der Waals surface area (Å²) in [5.74, 6) is 0.0737. The van der Waals surface area contributed by atoms with Crippen molar-refractivity contribution in [3.05, 3.63) is 11.6 Å². The van der Waals surface area contributed by atoms with E-state index in [0.717, 1.165) is 24.8 Å². The molecule has 0 rings (SSSR count). The van der Waals surface area contributed by atoms with Crippen LogP contribution in [0.15, 0.2) is 11.6 Å². The molecule has 0 fully saturated rings. The number of esters is 2. The predicted molar refractivity (Wildman–Crippen MR) is 93.1 cm³/mol. The molecule has 0 saturated carbocycles. The highest BCUT2D eigenvalue weighted by molar-refractivity contribution is 5.82. The standard InChI is InChI=1S/C19H34O4/c1-16(17(2)15-19(21)23-4)13-11-9-7-5-6-8-10-12-14-18(20)22-3/h15-16H,5-14H2,1-4H3/b17-15+. The molecule has 1 atom stereocenters. The number of unbranched alkanes of at least 4 members (excludes halogenated alkanes) is 7. The molecule has 0 N–H and O–H groups in total. The SMILES string of the molecule is COC(=O)/C=C(\C)C(C)CCCCCCCCCCC(=O)OC. The molecule has 134 valence electrons. The minimum absolute atomic E-state index is 0.101. The van der Waals surface area contributed by atoms with E-state index in [-0.39, 0.29) is 11.9 Å². The Morgan fingerprint density at radius 3 is 1.91 bits per heavy atom. The van der Waals surface area contributed by atoms with Crippen molar-refractivity contribution in [3.8, 4) is 0 Å². The van der Waals surface area contributed by atoms with Gasteiger partial charge in [0.05, 0.1) is 14.2 Å². The topological polar surface area (TPSA) is 52.6 Å². The maximum absolute atomic E-state index is 11.2. The average molecular weight is 326 g/mol. The van der Waals surface area contributed by atoms with Crippen LogP contribution in [-0.2, 0) is 19.1 Å². The van der Waals surface area contributed by atoms with Gasteiger partial charge >= 0.3 is 11.9 Å². The van der Waals surface area contributed by atoms with Crippen molar-refractivity contribution in [3.63, 3.8) is 0 Å². The lowest BCUT2D eigenvalue weighted by atomic mass is 9.95. The Bertz CT molecular complexity index is 360. The van der Waals surface area contributed by atoms with Crippen molar-refractivity contribution in [2.75, 3.05) is 14.2 Å². The fourth-order valence-corrected chi connectivity index (χ4v) is 2.50. The van der Waals surface area contributed by atoms with Crippen LogP contribution in [0.25, 0.3) is 0 Å². The van der Waals surface area contributed by atoms with Crippen molar-refractivity contribution >= 4 is 11.9 Å². The van der Waals surface area contributed by atoms with Crippen molar-refractivity contribution in [1.29, 1.82) is 0 Å². The number of carbonyl (C=O) groups excluding carboxylic acids is 2. The minimum atomic E-state index is -0.262. The molecule has 0 aromatic rings. The fraction of sp³-hybridized carbons (Fsp3) is 0.789. The summed E-state index contributed by atoms with van der Waals surface area (Å²) in [5, 5.41) is 0. The van der Waals surface area contributed by atoms with E-state index < -0.39 is 0 Å². The number of carbonyl (C=O) groups is 2. The third-order valence-corrected chi connectivity index (χ3v) is 4.32. The molecule has 0 spiro atoms. The van der Waals surface area contributed by atoms with E-state index in [1.807, 2.05) is 6.92 Å². The quantitative estimate of drug-likeness (QED) is 0.277. The molecule has 0 radical (unpaired) electrons. The minimum Gasteiger partial charge on any atom is -0.469 e. The molecular weight excluding hydrogens is 292 g/mol. The second-order valence-corrected chi connectivity index (χ2v) is 6.26. The molecule has 0 bridgehead atoms. The van der Waals surface area contributed by atoms with Gasteiger partial charge in [0.2, 0.25) is 0 Å². The van der Waals surface area contributed by atoms with Crippen LogP contribution in [0.4, 0.5) is 0 Å². The molecule has 4 heteroatoms. The molecule has 0 aliphatic carbocycles. The van der Waals surface area contributed by atoms with Gasteiger partial charge in [0.15, 0.2) is 0 Å². The molecule has 0 aliphatic rings. The first-order valence-corrected chi connectivity index (χ1v) is 8.84. The number of allylic oxidation sites excluding steroid dienone is 1. The lowest BCUT2D eigenvalue weighted by molar-refractivity contribution is -0.140. The van der Waals surface area contributed by atoms with E-state index in [2.05, 4.69) is 16.4 Å². The van der Waals surface area contributed by atoms with Crippen molar-refractivity contribution < 1.29 is 19.1 Å². The zero-order valence-electron chi connectivity index (χ0n) is 15.4. The summed E-state index contributed by atoms with van der Waals surface area (Å²) in [5.41, 5.74) is 1.10. The molecule has 0 amide bonds. The molecule has 0 heterocycles. The maximum atomic E-state index is 11.2. The number of methoxy groups -OCH3 is 2. The van der Waals surface area contributed by atoms with Crippen LogP contribution in [-0.4, -0.2) is 26.2 Å². The molecule has 4 nitrogen and oxygen atoms in total. The summed E-state index contributed by atoms with van der Waals surface area (Å²) in [6.45, 7) is 4.16. The van der Waals surface area contributed by atoms with Gasteiger partial charge in [-0.15, -0.1) is 0 Å². The van der Waals surface area contributed by atoms with Crippen molar-refractivity contribution in [1.82, 2.24) is 0 Å². The van der Waals surface area contributed by atoms with Gasteiger partial charge in [0, 0.05) is 12.5 Å². The largest absolute Gasteiger partial charge is 0.469 e. The first-order chi connectivity index (χ1) is 11.0. The Balaban J connectivity index is 3.47. The number of ether oxygens (including phenoxy) is 2. The summed E-state index contributed by atoms with van der Waals surface area (Å²) in [7, 11) is 2.85. The molecule has 1 unspecified atom stereocenters. The summed E-state index contributed by atoms with van der Waals surface area (Å²) in [4.78, 5) is 22.1. The van der Waals surface area contributed by atoms with Crippen LogP contribution in [0.5, 0.6) is 0 Å². The van der Waals surface area contributed by atoms with Gasteiger partial charge in [-0.2, -0.15) is 0 Å². The zero-order chi connectivity index (χ0) is 17.5. The van der Waals surface area contributed by atoms with Gasteiger partial charge in [0.25, 0.3) is 0 Å². The van der Waals surface area contributed by atoms with Gasteiger partial charge < -0.3 is 9.47 Å². The van der Waals surface area contributed by atoms with Gasteiger partial charge in [-0.1, -0.05) is 57.4 Å². The summed E-state index contributed by atoms with van der Waals surface area (Å²) in [6, 6.07) is 0. The van der Waals surface area contributed by atoms with Crippen LogP contribution < -0.4 is 0 Å². The van der Waals surface area contributed by atoms with Crippen LogP contribution in [0.2, 0.25) is 0 Å². The van der Waals surface area contributed by atoms with Gasteiger partial charge in [-0.05, 0) is 25.7 Å². The Hall–Kier alpha value is -1.32. The third-order valence-electron chi connectivity index (χ3n) is 4.32. The Labute approximate surface area is 141 Å². The highest BCUT2D eigenvalue weighted by Gasteiger charge is 2.06. The molecule has 0 aromatic carbocycles. The van der Waals surface area contributed by atoms with E-state index in [0.29, 0.717) is 12.3 Å². The first-order valence-electron chi connectivity index (χ1n) is 8.84. The smallest absolute Gasteiger partial charge is 0.330 e. The van der Waals surface area contributed by atoms with E-state index in [4.69, 9.17) is 0 Å². The van der Waals surface area contributed by atoms with Crippen LogP contribution in [0, 0.1) is 5.92 Å². The number of hydrogen-bond acceptors (Lipinski definition) is 4. The van der Waals surface area contributed by atoms with E-state index in [1.54, 1.807) is 6.08 Å². The molecule has 23 heavy (non-hydrogen) atoms. The van der Waals surface area contributed by atoms with Crippen LogP contribution in [0.1, 0.15) is 78.1 Å². The maximum Gasteiger partial charge on any atom is 0.330 e. The van der Waals surface area contributed by atoms with Gasteiger partial charge in [0.1, 0.15) is 0 Å². The second kappa shape index (κ2) is 14.3. The summed E-state index contributed by atoms with van der Waals surface area (Å²) < 4.78 is 9.26. The lowest BCUT2D eigenvalue weighted by Crippen LogP contribution is -2.02. The monoisotopic (exact) mass is 326 g/mol. The zero-order valence-corrected chi connectivity index (χ0v) is 15.4. The Morgan fingerprint density at radius 1 is 0.870 bits per heavy atom. The third kappa shape index (κ3) is 12.9. The van der Waals surface area contributed by atoms with E-state index in [1.165, 1.54) is 52.7 Å². The normalized spacial score (nSPS) is 12.8. The van der Waals surface area contributed by atoms with Crippen LogP contribution >= 0.6 is 0 Å². The molecule has 0 aromatic heterocycles. The van der Waals surface area contributed by atoms with Crippen LogP contribution in [0.3, 0.4) is 0 Å². The second-order valence-electron chi connectivity index (χ2n) is 6.26. The fourth-order valence-electron chi connectivity index (χ4n) is 2.50. The number of rotatable bonds is 13. The molecule has 0 aliphatic heterocycles. The van der Waals surface area contributed by atoms with Crippen molar-refractivity contribution in [2.24, 2.45) is 5.92 Å². The molecule has 0 saturated heterocycles. The van der Waals surface area contributed by atoms with Gasteiger partial charge in [-0.25, -0.2) is 4.79 Å². The highest BCUT2D eigenvalue weighted by Crippen LogP contribution is 2.19. The van der Waals surface area contributed by atoms with Gasteiger partial charge in [-0.3, -0.25) is 4.79 Å².